The fourth-order valence-electron chi connectivity index (χ4n) is 3.02. The van der Waals surface area contributed by atoms with Crippen LogP contribution >= 0.6 is 0 Å². The maximum absolute atomic E-state index is 12.6. The Balaban J connectivity index is 1.37. The number of amides is 1. The highest BCUT2D eigenvalue weighted by atomic mass is 16.5. The average molecular weight is 336 g/mol. The molecule has 0 aliphatic heterocycles. The molecule has 1 fully saturated rings. The quantitative estimate of drug-likeness (QED) is 0.673. The van der Waals surface area contributed by atoms with Crippen molar-refractivity contribution in [2.24, 2.45) is 0 Å². The van der Waals surface area contributed by atoms with Crippen LogP contribution in [0, 0.1) is 0 Å². The van der Waals surface area contributed by atoms with Gasteiger partial charge in [0.25, 0.3) is 0 Å². The van der Waals surface area contributed by atoms with Gasteiger partial charge in [-0.2, -0.15) is 0 Å². The van der Waals surface area contributed by atoms with Gasteiger partial charge in [-0.15, -0.1) is 0 Å². The van der Waals surface area contributed by atoms with E-state index in [2.05, 4.69) is 15.5 Å². The average Bonchev–Trinajstić information content (AvgIpc) is 3.08. The maximum Gasteiger partial charge on any atom is 0.232 e. The van der Waals surface area contributed by atoms with Crippen LogP contribution in [0.5, 0.6) is 0 Å². The Bertz CT molecular complexity index is 835. The predicted octanol–water partition coefficient (Wildman–Crippen LogP) is 2.78. The van der Waals surface area contributed by atoms with Crippen molar-refractivity contribution in [3.63, 3.8) is 0 Å². The lowest BCUT2D eigenvalue weighted by molar-refractivity contribution is -0.123. The van der Waals surface area contributed by atoms with Gasteiger partial charge in [0.05, 0.1) is 17.4 Å². The zero-order chi connectivity index (χ0) is 17.1. The van der Waals surface area contributed by atoms with Crippen LogP contribution in [0.25, 0.3) is 11.3 Å². The summed E-state index contributed by atoms with van der Waals surface area (Å²) in [6.45, 7) is 1.48. The molecule has 0 unspecified atom stereocenters. The molecule has 1 saturated carbocycles. The number of carbonyl (C=O) groups excluding carboxylic acids is 1. The van der Waals surface area contributed by atoms with Crippen LogP contribution in [0.3, 0.4) is 0 Å². The predicted molar refractivity (Wildman–Crippen MR) is 92.7 cm³/mol. The van der Waals surface area contributed by atoms with Gasteiger partial charge in [-0.25, -0.2) is 4.98 Å². The van der Waals surface area contributed by atoms with Crippen molar-refractivity contribution in [3.8, 4) is 11.3 Å². The van der Waals surface area contributed by atoms with Gasteiger partial charge in [-0.3, -0.25) is 4.79 Å². The number of imidazole rings is 1. The zero-order valence-electron chi connectivity index (χ0n) is 13.9. The minimum atomic E-state index is -0.508. The van der Waals surface area contributed by atoms with Crippen LogP contribution in [0.2, 0.25) is 0 Å². The van der Waals surface area contributed by atoms with E-state index in [1.54, 1.807) is 12.5 Å². The van der Waals surface area contributed by atoms with Crippen molar-refractivity contribution in [1.82, 2.24) is 20.0 Å². The van der Waals surface area contributed by atoms with Gasteiger partial charge in [-0.1, -0.05) is 35.5 Å². The number of carbonyl (C=O) groups is 1. The van der Waals surface area contributed by atoms with Crippen molar-refractivity contribution in [3.05, 3.63) is 60.8 Å². The SMILES string of the molecule is O=C(NCCCn1ccnc1)C1(c2cc(-c3ccccc3)on2)CC1. The molecule has 1 amide bonds. The van der Waals surface area contributed by atoms with Gasteiger partial charge in [0.15, 0.2) is 5.76 Å². The number of hydrogen-bond acceptors (Lipinski definition) is 4. The normalized spacial score (nSPS) is 15.0. The van der Waals surface area contributed by atoms with Crippen molar-refractivity contribution in [2.45, 2.75) is 31.2 Å². The molecule has 128 valence electrons. The van der Waals surface area contributed by atoms with Gasteiger partial charge < -0.3 is 14.4 Å². The van der Waals surface area contributed by atoms with Crippen LogP contribution < -0.4 is 5.32 Å². The summed E-state index contributed by atoms with van der Waals surface area (Å²) in [4.78, 5) is 16.6. The molecule has 25 heavy (non-hydrogen) atoms. The molecular formula is C19H20N4O2. The van der Waals surface area contributed by atoms with E-state index in [9.17, 15) is 4.79 Å². The first-order valence-electron chi connectivity index (χ1n) is 8.55. The molecule has 0 atom stereocenters. The molecule has 1 N–H and O–H groups in total. The lowest BCUT2D eigenvalue weighted by atomic mass is 10.0. The maximum atomic E-state index is 12.6. The third-order valence-electron chi connectivity index (χ3n) is 4.68. The van der Waals surface area contributed by atoms with Crippen LogP contribution in [-0.2, 0) is 16.8 Å². The largest absolute Gasteiger partial charge is 0.356 e. The summed E-state index contributed by atoms with van der Waals surface area (Å²) < 4.78 is 7.46. The Morgan fingerprint density at radius 1 is 1.28 bits per heavy atom. The fraction of sp³-hybridized carbons (Fsp3) is 0.316. The van der Waals surface area contributed by atoms with Crippen LogP contribution in [0.1, 0.15) is 25.0 Å². The standard InChI is InChI=1S/C19H20N4O2/c24-18(21-9-4-11-23-12-10-20-14-23)19(7-8-19)17-13-16(25-22-17)15-5-2-1-3-6-15/h1-3,5-6,10,12-14H,4,7-9,11H2,(H,21,24). The molecule has 0 radical (unpaired) electrons. The first kappa shape index (κ1) is 15.6. The monoisotopic (exact) mass is 336 g/mol. The third-order valence-corrected chi connectivity index (χ3v) is 4.68. The number of aromatic nitrogens is 3. The van der Waals surface area contributed by atoms with E-state index in [1.807, 2.05) is 47.2 Å². The molecule has 0 saturated heterocycles. The number of hydrogen-bond donors (Lipinski definition) is 1. The minimum absolute atomic E-state index is 0.0473. The minimum Gasteiger partial charge on any atom is -0.356 e. The van der Waals surface area contributed by atoms with Crippen molar-refractivity contribution >= 4 is 5.91 Å². The molecule has 3 aromatic rings. The molecule has 6 nitrogen and oxygen atoms in total. The number of aryl methyl sites for hydroxylation is 1. The van der Waals surface area contributed by atoms with E-state index in [4.69, 9.17) is 4.52 Å². The van der Waals surface area contributed by atoms with Crippen molar-refractivity contribution in [1.29, 1.82) is 0 Å². The Labute approximate surface area is 145 Å². The highest BCUT2D eigenvalue weighted by Crippen LogP contribution is 2.48. The highest BCUT2D eigenvalue weighted by Gasteiger charge is 2.53. The van der Waals surface area contributed by atoms with Gasteiger partial charge in [0, 0.05) is 37.1 Å². The first-order valence-corrected chi connectivity index (χ1v) is 8.55. The Hall–Kier alpha value is -2.89. The summed E-state index contributed by atoms with van der Waals surface area (Å²) in [5.41, 5.74) is 1.20. The van der Waals surface area contributed by atoms with E-state index in [0.29, 0.717) is 12.3 Å². The van der Waals surface area contributed by atoms with E-state index >= 15 is 0 Å². The van der Waals surface area contributed by atoms with Gasteiger partial charge in [-0.05, 0) is 19.3 Å². The summed E-state index contributed by atoms with van der Waals surface area (Å²) in [5, 5.41) is 7.21. The summed E-state index contributed by atoms with van der Waals surface area (Å²) >= 11 is 0. The molecule has 2 aromatic heterocycles. The van der Waals surface area contributed by atoms with E-state index in [0.717, 1.165) is 37.1 Å². The molecule has 2 heterocycles. The van der Waals surface area contributed by atoms with E-state index in [-0.39, 0.29) is 5.91 Å². The molecule has 4 rings (SSSR count). The molecule has 6 heteroatoms. The second-order valence-corrected chi connectivity index (χ2v) is 6.43. The van der Waals surface area contributed by atoms with E-state index in [1.165, 1.54) is 0 Å². The Morgan fingerprint density at radius 2 is 2.12 bits per heavy atom. The number of nitrogens with zero attached hydrogens (tertiary/aromatic N) is 3. The van der Waals surface area contributed by atoms with Crippen molar-refractivity contribution < 1.29 is 9.32 Å². The summed E-state index contributed by atoms with van der Waals surface area (Å²) in [7, 11) is 0. The van der Waals surface area contributed by atoms with Crippen LogP contribution in [-0.4, -0.2) is 27.2 Å². The summed E-state index contributed by atoms with van der Waals surface area (Å²) in [6, 6.07) is 11.7. The number of rotatable bonds is 7. The van der Waals surface area contributed by atoms with Crippen molar-refractivity contribution in [2.75, 3.05) is 6.54 Å². The Kier molecular flexibility index (Phi) is 4.09. The molecule has 0 spiro atoms. The highest BCUT2D eigenvalue weighted by molar-refractivity contribution is 5.91. The lowest BCUT2D eigenvalue weighted by Gasteiger charge is -2.12. The van der Waals surface area contributed by atoms with Gasteiger partial charge >= 0.3 is 0 Å². The third kappa shape index (κ3) is 3.20. The smallest absolute Gasteiger partial charge is 0.232 e. The van der Waals surface area contributed by atoms with E-state index < -0.39 is 5.41 Å². The topological polar surface area (TPSA) is 73.0 Å². The van der Waals surface area contributed by atoms with Gasteiger partial charge in [0.2, 0.25) is 5.91 Å². The lowest BCUT2D eigenvalue weighted by Crippen LogP contribution is -2.35. The first-order chi connectivity index (χ1) is 12.3. The fourth-order valence-corrected chi connectivity index (χ4v) is 3.02. The summed E-state index contributed by atoms with van der Waals surface area (Å²) in [6.07, 6.45) is 7.97. The zero-order valence-corrected chi connectivity index (χ0v) is 13.9. The second-order valence-electron chi connectivity index (χ2n) is 6.43. The molecule has 1 aromatic carbocycles. The number of benzene rings is 1. The summed E-state index contributed by atoms with van der Waals surface area (Å²) in [5.74, 6) is 0.751. The molecule has 1 aliphatic rings. The Morgan fingerprint density at radius 3 is 2.84 bits per heavy atom. The van der Waals surface area contributed by atoms with Crippen LogP contribution in [0.4, 0.5) is 0 Å². The molecule has 0 bridgehead atoms. The van der Waals surface area contributed by atoms with Gasteiger partial charge in [0.1, 0.15) is 0 Å². The molecular weight excluding hydrogens is 316 g/mol. The molecule has 1 aliphatic carbocycles. The van der Waals surface area contributed by atoms with Crippen LogP contribution in [0.15, 0.2) is 59.6 Å². The second kappa shape index (κ2) is 6.55. The number of nitrogens with one attached hydrogen (secondary N) is 1.